The zero-order chi connectivity index (χ0) is 26.6. The van der Waals surface area contributed by atoms with Gasteiger partial charge in [-0.1, -0.05) is 19.4 Å². The van der Waals surface area contributed by atoms with Gasteiger partial charge >= 0.3 is 0 Å². The van der Waals surface area contributed by atoms with Gasteiger partial charge in [0.2, 0.25) is 5.91 Å². The lowest BCUT2D eigenvalue weighted by Gasteiger charge is -2.46. The van der Waals surface area contributed by atoms with Crippen molar-refractivity contribution in [1.82, 2.24) is 15.2 Å². The molecule has 2 N–H and O–H groups in total. The summed E-state index contributed by atoms with van der Waals surface area (Å²) in [6, 6.07) is 6.11. The Labute approximate surface area is 222 Å². The summed E-state index contributed by atoms with van der Waals surface area (Å²) in [6.45, 7) is 2.33. The monoisotopic (exact) mass is 519 g/mol. The van der Waals surface area contributed by atoms with E-state index in [-0.39, 0.29) is 41.1 Å². The van der Waals surface area contributed by atoms with Crippen LogP contribution in [0.25, 0.3) is 10.9 Å². The third kappa shape index (κ3) is 4.22. The summed E-state index contributed by atoms with van der Waals surface area (Å²) < 4.78 is 5.46. The Hall–Kier alpha value is -3.16. The first-order chi connectivity index (χ1) is 18.4. The molecule has 202 valence electrons. The number of ketones is 2. The van der Waals surface area contributed by atoms with E-state index in [4.69, 9.17) is 4.74 Å². The van der Waals surface area contributed by atoms with Crippen LogP contribution in [0.2, 0.25) is 0 Å². The van der Waals surface area contributed by atoms with Gasteiger partial charge in [0.1, 0.15) is 23.3 Å². The number of fused-ring (bicyclic) bond motifs is 4. The van der Waals surface area contributed by atoms with Crippen molar-refractivity contribution in [3.05, 3.63) is 30.0 Å². The first kappa shape index (κ1) is 25.1. The minimum atomic E-state index is -0.687. The molecule has 1 aromatic carbocycles. The van der Waals surface area contributed by atoms with E-state index in [2.05, 4.69) is 10.3 Å². The first-order valence-electron chi connectivity index (χ1n) is 14.2. The molecule has 4 aliphatic carbocycles. The molecular formula is C30H37N3O5. The van der Waals surface area contributed by atoms with Crippen LogP contribution in [0.15, 0.2) is 24.3 Å². The van der Waals surface area contributed by atoms with Gasteiger partial charge in [0, 0.05) is 36.2 Å². The van der Waals surface area contributed by atoms with Crippen molar-refractivity contribution in [2.75, 3.05) is 13.7 Å². The molecule has 38 heavy (non-hydrogen) atoms. The highest BCUT2D eigenvalue weighted by molar-refractivity contribution is 6.02. The highest BCUT2D eigenvalue weighted by Gasteiger charge is 2.51. The molecule has 1 saturated heterocycles. The highest BCUT2D eigenvalue weighted by Crippen LogP contribution is 2.49. The summed E-state index contributed by atoms with van der Waals surface area (Å²) in [6.07, 6.45) is 6.33. The summed E-state index contributed by atoms with van der Waals surface area (Å²) in [5.41, 5.74) is 1.23. The third-order valence-corrected chi connectivity index (χ3v) is 9.78. The molecule has 0 unspecified atom stereocenters. The van der Waals surface area contributed by atoms with Gasteiger partial charge in [0.05, 0.1) is 13.2 Å². The number of amides is 2. The van der Waals surface area contributed by atoms with Crippen LogP contribution < -0.4 is 10.1 Å². The number of aromatic nitrogens is 1. The molecule has 0 radical (unpaired) electrons. The number of H-pyrrole nitrogens is 1. The quantitative estimate of drug-likeness (QED) is 0.550. The second kappa shape index (κ2) is 9.86. The van der Waals surface area contributed by atoms with Crippen molar-refractivity contribution in [3.8, 4) is 5.75 Å². The van der Waals surface area contributed by atoms with Gasteiger partial charge in [-0.2, -0.15) is 0 Å². The second-order valence-electron chi connectivity index (χ2n) is 11.9. The van der Waals surface area contributed by atoms with Crippen LogP contribution in [0.3, 0.4) is 0 Å². The van der Waals surface area contributed by atoms with Crippen LogP contribution in [-0.2, 0) is 14.4 Å². The first-order valence-corrected chi connectivity index (χ1v) is 14.2. The standard InChI is InChI=1S/C30H37N3O5/c1-3-25(34)23(13-20-18-10-16(11-18)12-26(20)35)32-29(36)28-19-7-4-6-17(19)15-33(28)30(37)24-14-21-22(31-24)8-5-9-27(21)38-2/h5,8-9,14,16-20,23,28,31H,3-4,6-7,10-13,15H2,1-2H3,(H,32,36)/t16?,17-,18?,19-,20+,23-,28-/m0/s1. The fraction of sp³-hybridized carbons (Fsp3) is 0.600. The molecule has 4 saturated carbocycles. The van der Waals surface area contributed by atoms with E-state index >= 15 is 0 Å². The van der Waals surface area contributed by atoms with Gasteiger partial charge in [-0.15, -0.1) is 0 Å². The number of rotatable bonds is 8. The van der Waals surface area contributed by atoms with Gasteiger partial charge in [0.25, 0.3) is 5.91 Å². The van der Waals surface area contributed by atoms with Crippen molar-refractivity contribution < 1.29 is 23.9 Å². The molecule has 2 bridgehead atoms. The molecular weight excluding hydrogens is 482 g/mol. The van der Waals surface area contributed by atoms with E-state index in [9.17, 15) is 19.2 Å². The molecule has 1 aromatic heterocycles. The number of nitrogens with zero attached hydrogens (tertiary/aromatic N) is 1. The van der Waals surface area contributed by atoms with Gasteiger partial charge in [0.15, 0.2) is 5.78 Å². The van der Waals surface area contributed by atoms with Gasteiger partial charge < -0.3 is 19.9 Å². The summed E-state index contributed by atoms with van der Waals surface area (Å²) in [5.74, 6) is 1.47. The summed E-state index contributed by atoms with van der Waals surface area (Å²) >= 11 is 0. The molecule has 2 heterocycles. The fourth-order valence-electron chi connectivity index (χ4n) is 7.76. The molecule has 2 aromatic rings. The lowest BCUT2D eigenvalue weighted by Crippen LogP contribution is -2.54. The minimum absolute atomic E-state index is 0.0471. The van der Waals surface area contributed by atoms with Crippen molar-refractivity contribution in [1.29, 1.82) is 0 Å². The van der Waals surface area contributed by atoms with E-state index in [1.54, 1.807) is 25.0 Å². The Morgan fingerprint density at radius 1 is 1.18 bits per heavy atom. The molecule has 2 amide bonds. The fourth-order valence-corrected chi connectivity index (χ4v) is 7.76. The Balaban J connectivity index is 1.24. The molecule has 5 aliphatic rings. The Morgan fingerprint density at radius 3 is 2.74 bits per heavy atom. The van der Waals surface area contributed by atoms with Gasteiger partial charge in [-0.3, -0.25) is 19.2 Å². The normalized spacial score (nSPS) is 30.6. The molecule has 0 spiro atoms. The average Bonchev–Trinajstić information content (AvgIpc) is 3.61. The number of ether oxygens (including phenoxy) is 1. The Bertz CT molecular complexity index is 1280. The van der Waals surface area contributed by atoms with Gasteiger partial charge in [-0.25, -0.2) is 0 Å². The predicted octanol–water partition coefficient (Wildman–Crippen LogP) is 3.89. The molecule has 8 nitrogen and oxygen atoms in total. The van der Waals surface area contributed by atoms with Crippen LogP contribution in [0, 0.1) is 29.6 Å². The lowest BCUT2D eigenvalue weighted by molar-refractivity contribution is -0.138. The predicted molar refractivity (Wildman–Crippen MR) is 142 cm³/mol. The smallest absolute Gasteiger partial charge is 0.271 e. The van der Waals surface area contributed by atoms with E-state index < -0.39 is 12.1 Å². The largest absolute Gasteiger partial charge is 0.496 e. The van der Waals surface area contributed by atoms with Crippen LogP contribution in [0.1, 0.15) is 68.8 Å². The molecule has 5 fully saturated rings. The van der Waals surface area contributed by atoms with Crippen LogP contribution in [-0.4, -0.2) is 59.0 Å². The number of hydrogen-bond acceptors (Lipinski definition) is 5. The number of methoxy groups -OCH3 is 1. The zero-order valence-electron chi connectivity index (χ0n) is 22.2. The number of hydrogen-bond donors (Lipinski definition) is 2. The summed E-state index contributed by atoms with van der Waals surface area (Å²) in [7, 11) is 1.60. The SMILES string of the molecule is CCC(=O)[C@H](C[C@H]1C(=O)CC2CC1C2)NC(=O)[C@@H]1[C@H]2CCC[C@H]2CN1C(=O)c1cc2c(OC)cccc2[nH]1. The topological polar surface area (TPSA) is 109 Å². The van der Waals surface area contributed by atoms with Gasteiger partial charge in [-0.05, 0) is 74.0 Å². The minimum Gasteiger partial charge on any atom is -0.496 e. The van der Waals surface area contributed by atoms with E-state index in [0.717, 1.165) is 43.0 Å². The highest BCUT2D eigenvalue weighted by atomic mass is 16.5. The number of carbonyl (C=O) groups excluding carboxylic acids is 4. The number of Topliss-reactive ketones (excluding diaryl/α,β-unsaturated/α-hetero) is 2. The van der Waals surface area contributed by atoms with Crippen molar-refractivity contribution >= 4 is 34.3 Å². The lowest BCUT2D eigenvalue weighted by atomic mass is 9.58. The van der Waals surface area contributed by atoms with E-state index in [0.29, 0.717) is 49.1 Å². The Morgan fingerprint density at radius 2 is 2.00 bits per heavy atom. The van der Waals surface area contributed by atoms with Crippen molar-refractivity contribution in [2.45, 2.75) is 70.4 Å². The van der Waals surface area contributed by atoms with Crippen LogP contribution in [0.5, 0.6) is 5.75 Å². The van der Waals surface area contributed by atoms with Crippen molar-refractivity contribution in [2.24, 2.45) is 29.6 Å². The third-order valence-electron chi connectivity index (χ3n) is 9.78. The van der Waals surface area contributed by atoms with E-state index in [1.807, 2.05) is 18.2 Å². The number of carbonyl (C=O) groups is 4. The van der Waals surface area contributed by atoms with Crippen molar-refractivity contribution in [3.63, 3.8) is 0 Å². The van der Waals surface area contributed by atoms with Crippen LogP contribution in [0.4, 0.5) is 0 Å². The second-order valence-corrected chi connectivity index (χ2v) is 11.9. The number of benzene rings is 1. The Kier molecular flexibility index (Phi) is 6.52. The average molecular weight is 520 g/mol. The molecule has 7 rings (SSSR count). The number of likely N-dealkylation sites (tertiary alicyclic amines) is 1. The van der Waals surface area contributed by atoms with Crippen LogP contribution >= 0.6 is 0 Å². The number of nitrogens with one attached hydrogen (secondary N) is 2. The molecule has 1 aliphatic heterocycles. The van der Waals surface area contributed by atoms with E-state index in [1.165, 1.54) is 0 Å². The zero-order valence-corrected chi connectivity index (χ0v) is 22.2. The summed E-state index contributed by atoms with van der Waals surface area (Å²) in [4.78, 5) is 58.3. The molecule has 8 heteroatoms. The maximum Gasteiger partial charge on any atom is 0.271 e. The maximum absolute atomic E-state index is 13.9. The number of aromatic amines is 1. The summed E-state index contributed by atoms with van der Waals surface area (Å²) in [5, 5.41) is 3.87. The molecule has 5 atom stereocenters. The maximum atomic E-state index is 13.9.